The molecular formula is C17H17ClN2O5S. The number of sulfonamides is 1. The van der Waals surface area contributed by atoms with Crippen molar-refractivity contribution in [1.82, 2.24) is 5.32 Å². The van der Waals surface area contributed by atoms with Gasteiger partial charge in [-0.1, -0.05) is 23.7 Å². The van der Waals surface area contributed by atoms with E-state index in [-0.39, 0.29) is 12.5 Å². The molecule has 0 radical (unpaired) electrons. The van der Waals surface area contributed by atoms with Crippen molar-refractivity contribution in [2.45, 2.75) is 6.54 Å². The van der Waals surface area contributed by atoms with Crippen LogP contribution in [-0.4, -0.2) is 33.8 Å². The number of carbonyl (C=O) groups is 1. The SMILES string of the molecule is CS(=O)(=O)Nc1cccc(CNC(=O)c2cc(Cl)c3c(c2)OCCO3)c1. The van der Waals surface area contributed by atoms with Crippen LogP contribution in [0.4, 0.5) is 5.69 Å². The molecule has 2 aromatic carbocycles. The topological polar surface area (TPSA) is 93.7 Å². The average Bonchev–Trinajstić information content (AvgIpc) is 2.58. The second-order valence-electron chi connectivity index (χ2n) is 5.74. The van der Waals surface area contributed by atoms with Crippen LogP contribution in [0, 0.1) is 0 Å². The zero-order valence-electron chi connectivity index (χ0n) is 13.9. The fourth-order valence-corrected chi connectivity index (χ4v) is 3.31. The first kappa shape index (κ1) is 18.3. The molecule has 1 heterocycles. The molecule has 1 amide bonds. The number of hydrogen-bond acceptors (Lipinski definition) is 5. The largest absolute Gasteiger partial charge is 0.486 e. The molecule has 2 aromatic rings. The van der Waals surface area contributed by atoms with E-state index in [9.17, 15) is 13.2 Å². The van der Waals surface area contributed by atoms with Crippen molar-refractivity contribution in [1.29, 1.82) is 0 Å². The number of carbonyl (C=O) groups excluding carboxylic acids is 1. The summed E-state index contributed by atoms with van der Waals surface area (Å²) in [6.45, 7) is 1.04. The average molecular weight is 397 g/mol. The van der Waals surface area contributed by atoms with Gasteiger partial charge in [0, 0.05) is 17.8 Å². The Labute approximate surface area is 156 Å². The highest BCUT2D eigenvalue weighted by Crippen LogP contribution is 2.38. The highest BCUT2D eigenvalue weighted by Gasteiger charge is 2.19. The minimum absolute atomic E-state index is 0.226. The van der Waals surface area contributed by atoms with Crippen LogP contribution in [0.15, 0.2) is 36.4 Å². The number of halogens is 1. The molecule has 0 aliphatic carbocycles. The molecule has 26 heavy (non-hydrogen) atoms. The Balaban J connectivity index is 1.69. The van der Waals surface area contributed by atoms with Gasteiger partial charge in [0.25, 0.3) is 5.91 Å². The second kappa shape index (κ2) is 7.43. The number of ether oxygens (including phenoxy) is 2. The van der Waals surface area contributed by atoms with E-state index in [1.165, 1.54) is 6.07 Å². The van der Waals surface area contributed by atoms with E-state index in [1.807, 2.05) is 0 Å². The summed E-state index contributed by atoms with van der Waals surface area (Å²) in [6, 6.07) is 9.87. The number of amides is 1. The standard InChI is InChI=1S/C17H17ClN2O5S/c1-26(22,23)20-13-4-2-3-11(7-13)10-19-17(21)12-8-14(18)16-15(9-12)24-5-6-25-16/h2-4,7-9,20H,5-6,10H2,1H3,(H,19,21). The number of fused-ring (bicyclic) bond motifs is 1. The number of rotatable bonds is 5. The highest BCUT2D eigenvalue weighted by atomic mass is 35.5. The molecule has 0 saturated heterocycles. The molecule has 9 heteroatoms. The first-order chi connectivity index (χ1) is 12.3. The van der Waals surface area contributed by atoms with E-state index in [1.54, 1.807) is 30.3 Å². The first-order valence-electron chi connectivity index (χ1n) is 7.76. The lowest BCUT2D eigenvalue weighted by Crippen LogP contribution is -2.23. The molecule has 138 valence electrons. The van der Waals surface area contributed by atoms with Crippen molar-refractivity contribution in [3.8, 4) is 11.5 Å². The van der Waals surface area contributed by atoms with Gasteiger partial charge in [0.1, 0.15) is 13.2 Å². The van der Waals surface area contributed by atoms with Gasteiger partial charge in [-0.3, -0.25) is 9.52 Å². The van der Waals surface area contributed by atoms with Crippen molar-refractivity contribution >= 4 is 33.2 Å². The molecule has 0 saturated carbocycles. The Kier molecular flexibility index (Phi) is 5.24. The lowest BCUT2D eigenvalue weighted by molar-refractivity contribution is 0.0949. The normalized spacial score (nSPS) is 13.2. The lowest BCUT2D eigenvalue weighted by atomic mass is 10.1. The summed E-state index contributed by atoms with van der Waals surface area (Å²) in [4.78, 5) is 12.4. The van der Waals surface area contributed by atoms with Crippen LogP contribution in [-0.2, 0) is 16.6 Å². The van der Waals surface area contributed by atoms with Gasteiger partial charge >= 0.3 is 0 Å². The van der Waals surface area contributed by atoms with Gasteiger partial charge in [0.2, 0.25) is 10.0 Å². The summed E-state index contributed by atoms with van der Waals surface area (Å²) in [7, 11) is -3.36. The minimum Gasteiger partial charge on any atom is -0.486 e. The third-order valence-corrected chi connectivity index (χ3v) is 4.43. The van der Waals surface area contributed by atoms with Gasteiger partial charge in [-0.15, -0.1) is 0 Å². The Morgan fingerprint density at radius 3 is 2.73 bits per heavy atom. The molecule has 0 spiro atoms. The Morgan fingerprint density at radius 1 is 1.19 bits per heavy atom. The zero-order chi connectivity index (χ0) is 18.7. The molecule has 1 aliphatic rings. The maximum absolute atomic E-state index is 12.4. The number of benzene rings is 2. The highest BCUT2D eigenvalue weighted by molar-refractivity contribution is 7.92. The Morgan fingerprint density at radius 2 is 1.96 bits per heavy atom. The number of nitrogens with one attached hydrogen (secondary N) is 2. The fraction of sp³-hybridized carbons (Fsp3) is 0.235. The predicted molar refractivity (Wildman–Crippen MR) is 98.5 cm³/mol. The quantitative estimate of drug-likeness (QED) is 0.809. The molecule has 3 rings (SSSR count). The summed E-state index contributed by atoms with van der Waals surface area (Å²) in [5, 5.41) is 3.08. The Bertz CT molecular complexity index is 946. The van der Waals surface area contributed by atoms with Gasteiger partial charge in [-0.2, -0.15) is 0 Å². The summed E-state index contributed by atoms with van der Waals surface area (Å²) in [5.41, 5.74) is 1.53. The molecule has 0 bridgehead atoms. The van der Waals surface area contributed by atoms with Crippen LogP contribution < -0.4 is 19.5 Å². The number of anilines is 1. The monoisotopic (exact) mass is 396 g/mol. The number of hydrogen-bond donors (Lipinski definition) is 2. The summed E-state index contributed by atoms with van der Waals surface area (Å²) in [5.74, 6) is 0.549. The molecule has 0 atom stereocenters. The fourth-order valence-electron chi connectivity index (χ4n) is 2.49. The van der Waals surface area contributed by atoms with Crippen molar-refractivity contribution < 1.29 is 22.7 Å². The smallest absolute Gasteiger partial charge is 0.251 e. The minimum atomic E-state index is -3.36. The van der Waals surface area contributed by atoms with E-state index in [0.29, 0.717) is 41.0 Å². The summed E-state index contributed by atoms with van der Waals surface area (Å²) >= 11 is 6.14. The molecule has 0 unspecified atom stereocenters. The van der Waals surface area contributed by atoms with Crippen molar-refractivity contribution in [3.63, 3.8) is 0 Å². The van der Waals surface area contributed by atoms with Crippen LogP contribution in [0.3, 0.4) is 0 Å². The van der Waals surface area contributed by atoms with Crippen LogP contribution in [0.5, 0.6) is 11.5 Å². The maximum atomic E-state index is 12.4. The van der Waals surface area contributed by atoms with Crippen LogP contribution in [0.25, 0.3) is 0 Å². The predicted octanol–water partition coefficient (Wildman–Crippen LogP) is 2.41. The Hall–Kier alpha value is -2.45. The van der Waals surface area contributed by atoms with Gasteiger partial charge in [0.05, 0.1) is 11.3 Å². The molecule has 0 aromatic heterocycles. The van der Waals surface area contributed by atoms with Crippen molar-refractivity contribution in [2.24, 2.45) is 0 Å². The summed E-state index contributed by atoms with van der Waals surface area (Å²) < 4.78 is 35.9. The first-order valence-corrected chi connectivity index (χ1v) is 10.0. The maximum Gasteiger partial charge on any atom is 0.251 e. The lowest BCUT2D eigenvalue weighted by Gasteiger charge is -2.20. The second-order valence-corrected chi connectivity index (χ2v) is 7.90. The van der Waals surface area contributed by atoms with Gasteiger partial charge in [0.15, 0.2) is 11.5 Å². The van der Waals surface area contributed by atoms with E-state index < -0.39 is 10.0 Å². The van der Waals surface area contributed by atoms with Crippen molar-refractivity contribution in [3.05, 3.63) is 52.5 Å². The van der Waals surface area contributed by atoms with E-state index >= 15 is 0 Å². The van der Waals surface area contributed by atoms with Crippen molar-refractivity contribution in [2.75, 3.05) is 24.2 Å². The molecule has 2 N–H and O–H groups in total. The van der Waals surface area contributed by atoms with Gasteiger partial charge in [-0.05, 0) is 29.8 Å². The van der Waals surface area contributed by atoms with Gasteiger partial charge < -0.3 is 14.8 Å². The van der Waals surface area contributed by atoms with Crippen LogP contribution in [0.2, 0.25) is 5.02 Å². The molecule has 0 fully saturated rings. The third-order valence-electron chi connectivity index (χ3n) is 3.54. The summed E-state index contributed by atoms with van der Waals surface area (Å²) in [6.07, 6.45) is 1.08. The van der Waals surface area contributed by atoms with Gasteiger partial charge in [-0.25, -0.2) is 8.42 Å². The van der Waals surface area contributed by atoms with E-state index in [2.05, 4.69) is 10.0 Å². The molecule has 7 nitrogen and oxygen atoms in total. The van der Waals surface area contributed by atoms with Crippen LogP contribution >= 0.6 is 11.6 Å². The van der Waals surface area contributed by atoms with E-state index in [0.717, 1.165) is 11.8 Å². The molecule has 1 aliphatic heterocycles. The third kappa shape index (κ3) is 4.59. The van der Waals surface area contributed by atoms with E-state index in [4.69, 9.17) is 21.1 Å². The zero-order valence-corrected chi connectivity index (χ0v) is 15.5. The van der Waals surface area contributed by atoms with Crippen LogP contribution in [0.1, 0.15) is 15.9 Å². The molecular weight excluding hydrogens is 380 g/mol.